The largest absolute Gasteiger partial charge is 0.450 e. The van der Waals surface area contributed by atoms with Crippen LogP contribution >= 0.6 is 0 Å². The van der Waals surface area contributed by atoms with Crippen molar-refractivity contribution in [2.24, 2.45) is 0 Å². The number of hydrogen-bond acceptors (Lipinski definition) is 4. The van der Waals surface area contributed by atoms with Crippen LogP contribution in [-0.4, -0.2) is 14.6 Å². The third-order valence-corrected chi connectivity index (χ3v) is 3.71. The Morgan fingerprint density at radius 2 is 2.23 bits per heavy atom. The Labute approximate surface area is 125 Å². The second-order valence-corrected chi connectivity index (χ2v) is 5.35. The van der Waals surface area contributed by atoms with Crippen LogP contribution in [0.15, 0.2) is 41.3 Å². The number of nitrogens with zero attached hydrogens (tertiary/aromatic N) is 3. The summed E-state index contributed by atoms with van der Waals surface area (Å²) in [7, 11) is 0. The van der Waals surface area contributed by atoms with Gasteiger partial charge in [-0.25, -0.2) is 0 Å². The molecule has 0 atom stereocenters. The van der Waals surface area contributed by atoms with Gasteiger partial charge in [0, 0.05) is 6.07 Å². The van der Waals surface area contributed by atoms with Crippen molar-refractivity contribution in [3.63, 3.8) is 0 Å². The topological polar surface area (TPSA) is 83.2 Å². The molecule has 0 spiro atoms. The summed E-state index contributed by atoms with van der Waals surface area (Å²) < 4.78 is 6.83. The molecule has 0 unspecified atom stereocenters. The molecule has 0 bridgehead atoms. The Hall–Kier alpha value is -3.07. The number of nitrogens with one attached hydrogen (secondary N) is 1. The molecule has 1 saturated carbocycles. The van der Waals surface area contributed by atoms with Gasteiger partial charge < -0.3 is 9.72 Å². The molecule has 2 aromatic heterocycles. The summed E-state index contributed by atoms with van der Waals surface area (Å²) in [5.41, 5.74) is 1.48. The predicted molar refractivity (Wildman–Crippen MR) is 79.0 cm³/mol. The van der Waals surface area contributed by atoms with Crippen LogP contribution in [0.25, 0.3) is 5.65 Å². The zero-order valence-corrected chi connectivity index (χ0v) is 11.6. The fraction of sp³-hybridized carbons (Fsp3) is 0.188. The van der Waals surface area contributed by atoms with Crippen LogP contribution < -0.4 is 10.3 Å². The molecule has 0 aliphatic heterocycles. The van der Waals surface area contributed by atoms with E-state index in [9.17, 15) is 4.79 Å². The Morgan fingerprint density at radius 3 is 3.00 bits per heavy atom. The van der Waals surface area contributed by atoms with E-state index in [1.54, 1.807) is 0 Å². The highest BCUT2D eigenvalue weighted by Crippen LogP contribution is 2.41. The summed E-state index contributed by atoms with van der Waals surface area (Å²) in [6.07, 6.45) is 3.91. The van der Waals surface area contributed by atoms with E-state index >= 15 is 0 Å². The maximum atomic E-state index is 12.3. The first-order valence-corrected chi connectivity index (χ1v) is 7.04. The molecule has 0 radical (unpaired) electrons. The lowest BCUT2D eigenvalue weighted by atomic mass is 10.1. The van der Waals surface area contributed by atoms with Gasteiger partial charge in [0.05, 0.1) is 6.20 Å². The minimum atomic E-state index is -0.396. The number of aromatic nitrogens is 3. The van der Waals surface area contributed by atoms with Gasteiger partial charge in [-0.1, -0.05) is 12.1 Å². The number of rotatable bonds is 3. The van der Waals surface area contributed by atoms with Crippen LogP contribution in [0.1, 0.15) is 30.0 Å². The number of aromatic amines is 1. The highest BCUT2D eigenvalue weighted by atomic mass is 16.5. The molecular weight excluding hydrogens is 280 g/mol. The minimum absolute atomic E-state index is 0.146. The molecular formula is C16H12N4O2. The van der Waals surface area contributed by atoms with Crippen molar-refractivity contribution >= 4 is 5.65 Å². The number of H-pyrrole nitrogens is 1. The average molecular weight is 292 g/mol. The molecule has 2 heterocycles. The first-order valence-electron chi connectivity index (χ1n) is 7.04. The van der Waals surface area contributed by atoms with E-state index in [1.807, 2.05) is 24.3 Å². The second kappa shape index (κ2) is 4.74. The van der Waals surface area contributed by atoms with E-state index in [2.05, 4.69) is 16.1 Å². The minimum Gasteiger partial charge on any atom is -0.450 e. The first-order chi connectivity index (χ1) is 10.7. The van der Waals surface area contributed by atoms with Gasteiger partial charge >= 0.3 is 5.56 Å². The molecule has 6 heteroatoms. The van der Waals surface area contributed by atoms with E-state index in [1.165, 1.54) is 30.7 Å². The number of ether oxygens (including phenoxy) is 1. The van der Waals surface area contributed by atoms with Gasteiger partial charge in [-0.15, -0.1) is 0 Å². The second-order valence-electron chi connectivity index (χ2n) is 5.35. The summed E-state index contributed by atoms with van der Waals surface area (Å²) in [5, 5.41) is 12.8. The van der Waals surface area contributed by atoms with Crippen LogP contribution in [0, 0.1) is 11.3 Å². The molecule has 1 fully saturated rings. The number of hydrogen-bond donors (Lipinski definition) is 1. The van der Waals surface area contributed by atoms with E-state index in [4.69, 9.17) is 10.00 Å². The van der Waals surface area contributed by atoms with E-state index in [-0.39, 0.29) is 11.4 Å². The molecule has 6 nitrogen and oxygen atoms in total. The lowest BCUT2D eigenvalue weighted by Crippen LogP contribution is -2.16. The van der Waals surface area contributed by atoms with Crippen molar-refractivity contribution in [3.05, 3.63) is 58.1 Å². The molecule has 22 heavy (non-hydrogen) atoms. The van der Waals surface area contributed by atoms with E-state index in [0.717, 1.165) is 4.52 Å². The zero-order chi connectivity index (χ0) is 15.1. The highest BCUT2D eigenvalue weighted by molar-refractivity contribution is 5.44. The molecule has 1 aliphatic carbocycles. The summed E-state index contributed by atoms with van der Waals surface area (Å²) in [5.74, 6) is 1.39. The fourth-order valence-electron chi connectivity index (χ4n) is 2.45. The summed E-state index contributed by atoms with van der Waals surface area (Å²) >= 11 is 0. The predicted octanol–water partition coefficient (Wildman–Crippen LogP) is 2.56. The smallest absolute Gasteiger partial charge is 0.317 e. The van der Waals surface area contributed by atoms with Gasteiger partial charge in [-0.2, -0.15) is 14.9 Å². The lowest BCUT2D eigenvalue weighted by Gasteiger charge is -2.06. The van der Waals surface area contributed by atoms with Gasteiger partial charge in [0.1, 0.15) is 17.5 Å². The van der Waals surface area contributed by atoms with Crippen LogP contribution in [0.2, 0.25) is 0 Å². The average Bonchev–Trinajstić information content (AvgIpc) is 3.30. The van der Waals surface area contributed by atoms with Crippen LogP contribution in [-0.2, 0) is 0 Å². The molecule has 1 aromatic carbocycles. The van der Waals surface area contributed by atoms with Crippen molar-refractivity contribution in [1.29, 1.82) is 5.26 Å². The Balaban J connectivity index is 1.72. The number of benzene rings is 1. The van der Waals surface area contributed by atoms with Crippen LogP contribution in [0.3, 0.4) is 0 Å². The van der Waals surface area contributed by atoms with Crippen molar-refractivity contribution < 1.29 is 4.74 Å². The van der Waals surface area contributed by atoms with Gasteiger partial charge in [0.15, 0.2) is 5.69 Å². The molecule has 0 amide bonds. The van der Waals surface area contributed by atoms with Crippen LogP contribution in [0.4, 0.5) is 0 Å². The maximum absolute atomic E-state index is 12.3. The molecule has 4 rings (SSSR count). The summed E-state index contributed by atoms with van der Waals surface area (Å²) in [4.78, 5) is 15.2. The molecule has 1 N–H and O–H groups in total. The van der Waals surface area contributed by atoms with Crippen molar-refractivity contribution in [1.82, 2.24) is 14.6 Å². The first kappa shape index (κ1) is 12.7. The maximum Gasteiger partial charge on any atom is 0.317 e. The standard InChI is InChI=1S/C16H12N4O2/c17-8-12-7-15-18-9-14(16(21)20(15)19-12)22-13-3-1-2-11(6-13)10-4-5-10/h1-3,6-7,9-10,18H,4-5H2. The fourth-order valence-corrected chi connectivity index (χ4v) is 2.45. The number of nitriles is 1. The number of fused-ring (bicyclic) bond motifs is 1. The highest BCUT2D eigenvalue weighted by Gasteiger charge is 2.23. The van der Waals surface area contributed by atoms with Crippen molar-refractivity contribution in [2.75, 3.05) is 0 Å². The zero-order valence-electron chi connectivity index (χ0n) is 11.6. The van der Waals surface area contributed by atoms with Crippen LogP contribution in [0.5, 0.6) is 11.5 Å². The summed E-state index contributed by atoms with van der Waals surface area (Å²) in [6, 6.07) is 11.2. The molecule has 3 aromatic rings. The molecule has 1 aliphatic rings. The molecule has 108 valence electrons. The third kappa shape index (κ3) is 2.13. The normalized spacial score (nSPS) is 14.0. The Morgan fingerprint density at radius 1 is 1.36 bits per heavy atom. The van der Waals surface area contributed by atoms with Crippen molar-refractivity contribution in [3.8, 4) is 17.6 Å². The SMILES string of the molecule is N#Cc1cc2[nH]cc(Oc3cccc(C4CC4)c3)c(=O)n2n1. The van der Waals surface area contributed by atoms with E-state index < -0.39 is 5.56 Å². The van der Waals surface area contributed by atoms with Gasteiger partial charge in [0.2, 0.25) is 5.75 Å². The Bertz CT molecular complexity index is 960. The quantitative estimate of drug-likeness (QED) is 0.804. The monoisotopic (exact) mass is 292 g/mol. The van der Waals surface area contributed by atoms with Crippen molar-refractivity contribution in [2.45, 2.75) is 18.8 Å². The molecule has 0 saturated heterocycles. The van der Waals surface area contributed by atoms with Gasteiger partial charge in [-0.3, -0.25) is 4.79 Å². The van der Waals surface area contributed by atoms with E-state index in [0.29, 0.717) is 17.3 Å². The van der Waals surface area contributed by atoms with Gasteiger partial charge in [-0.05, 0) is 36.5 Å². The van der Waals surface area contributed by atoms with Gasteiger partial charge in [0.25, 0.3) is 0 Å². The summed E-state index contributed by atoms with van der Waals surface area (Å²) in [6.45, 7) is 0. The Kier molecular flexibility index (Phi) is 2.73. The third-order valence-electron chi connectivity index (χ3n) is 3.71. The lowest BCUT2D eigenvalue weighted by molar-refractivity contribution is 0.468.